The molecule has 1 aliphatic rings. The number of carbonyl (C=O) groups is 1. The molecule has 66 valence electrons. The molecule has 12 heavy (non-hydrogen) atoms. The Labute approximate surface area is 73.9 Å². The smallest absolute Gasteiger partial charge is 0.138 e. The number of rotatable bonds is 1. The SMILES string of the molecule is C#CCN1C[C@H](C)C(=O)C[C@@H]1C. The van der Waals surface area contributed by atoms with Gasteiger partial charge in [-0.15, -0.1) is 6.42 Å². The Morgan fingerprint density at radius 2 is 2.33 bits per heavy atom. The molecule has 0 unspecified atom stereocenters. The van der Waals surface area contributed by atoms with Gasteiger partial charge in [0.15, 0.2) is 0 Å². The predicted molar refractivity (Wildman–Crippen MR) is 48.7 cm³/mol. The van der Waals surface area contributed by atoms with Crippen LogP contribution in [0.4, 0.5) is 0 Å². The minimum Gasteiger partial charge on any atom is -0.299 e. The molecule has 1 fully saturated rings. The van der Waals surface area contributed by atoms with E-state index < -0.39 is 0 Å². The molecule has 0 saturated carbocycles. The Balaban J connectivity index is 2.56. The molecular formula is C10H15NO. The van der Waals surface area contributed by atoms with Crippen LogP contribution < -0.4 is 0 Å². The van der Waals surface area contributed by atoms with Gasteiger partial charge in [0.25, 0.3) is 0 Å². The van der Waals surface area contributed by atoms with Crippen LogP contribution in [0.3, 0.4) is 0 Å². The third-order valence-corrected chi connectivity index (χ3v) is 2.47. The van der Waals surface area contributed by atoms with Crippen molar-refractivity contribution in [3.05, 3.63) is 0 Å². The van der Waals surface area contributed by atoms with Gasteiger partial charge in [0.1, 0.15) is 5.78 Å². The minimum absolute atomic E-state index is 0.162. The summed E-state index contributed by atoms with van der Waals surface area (Å²) in [5.74, 6) is 3.15. The molecule has 0 aliphatic carbocycles. The Hall–Kier alpha value is -0.810. The molecule has 0 spiro atoms. The van der Waals surface area contributed by atoms with Crippen LogP contribution in [0.15, 0.2) is 0 Å². The topological polar surface area (TPSA) is 20.3 Å². The van der Waals surface area contributed by atoms with E-state index in [4.69, 9.17) is 6.42 Å². The first kappa shape index (κ1) is 9.28. The van der Waals surface area contributed by atoms with Crippen LogP contribution in [0.1, 0.15) is 20.3 Å². The molecule has 0 bridgehead atoms. The highest BCUT2D eigenvalue weighted by Gasteiger charge is 2.28. The number of hydrogen-bond acceptors (Lipinski definition) is 2. The van der Waals surface area contributed by atoms with Crippen LogP contribution >= 0.6 is 0 Å². The van der Waals surface area contributed by atoms with Gasteiger partial charge in [-0.25, -0.2) is 0 Å². The van der Waals surface area contributed by atoms with Gasteiger partial charge < -0.3 is 0 Å². The summed E-state index contributed by atoms with van der Waals surface area (Å²) in [6, 6.07) is 0.324. The molecule has 2 atom stereocenters. The Morgan fingerprint density at radius 3 is 2.92 bits per heavy atom. The quantitative estimate of drug-likeness (QED) is 0.538. The van der Waals surface area contributed by atoms with Crippen LogP contribution in [-0.4, -0.2) is 29.8 Å². The fraction of sp³-hybridized carbons (Fsp3) is 0.700. The molecule has 0 amide bonds. The van der Waals surface area contributed by atoms with Crippen LogP contribution in [0.25, 0.3) is 0 Å². The van der Waals surface area contributed by atoms with Crippen molar-refractivity contribution < 1.29 is 4.79 Å². The number of Topliss-reactive ketones (excluding diaryl/α,β-unsaturated/α-hetero) is 1. The van der Waals surface area contributed by atoms with Gasteiger partial charge in [0.05, 0.1) is 6.54 Å². The van der Waals surface area contributed by atoms with E-state index in [1.54, 1.807) is 0 Å². The molecule has 1 heterocycles. The number of piperidine rings is 1. The molecular weight excluding hydrogens is 150 g/mol. The molecule has 0 N–H and O–H groups in total. The zero-order chi connectivity index (χ0) is 9.14. The van der Waals surface area contributed by atoms with E-state index >= 15 is 0 Å². The minimum atomic E-state index is 0.162. The van der Waals surface area contributed by atoms with Crippen molar-refractivity contribution in [3.8, 4) is 12.3 Å². The average Bonchev–Trinajstić information content (AvgIpc) is 2.01. The number of terminal acetylenes is 1. The molecule has 0 radical (unpaired) electrons. The fourth-order valence-corrected chi connectivity index (χ4v) is 1.59. The van der Waals surface area contributed by atoms with Crippen molar-refractivity contribution >= 4 is 5.78 Å². The summed E-state index contributed by atoms with van der Waals surface area (Å²) in [7, 11) is 0. The zero-order valence-corrected chi connectivity index (χ0v) is 7.71. The van der Waals surface area contributed by atoms with E-state index in [9.17, 15) is 4.79 Å². The number of hydrogen-bond donors (Lipinski definition) is 0. The monoisotopic (exact) mass is 165 g/mol. The zero-order valence-electron chi connectivity index (χ0n) is 7.71. The first-order chi connectivity index (χ1) is 5.65. The summed E-state index contributed by atoms with van der Waals surface area (Å²) >= 11 is 0. The second kappa shape index (κ2) is 3.73. The first-order valence-electron chi connectivity index (χ1n) is 4.35. The van der Waals surface area contributed by atoms with Gasteiger partial charge >= 0.3 is 0 Å². The fourth-order valence-electron chi connectivity index (χ4n) is 1.59. The third-order valence-electron chi connectivity index (χ3n) is 2.47. The van der Waals surface area contributed by atoms with Crippen molar-refractivity contribution in [3.63, 3.8) is 0 Å². The Kier molecular flexibility index (Phi) is 2.88. The van der Waals surface area contributed by atoms with Crippen LogP contribution in [-0.2, 0) is 4.79 Å². The molecule has 1 aliphatic heterocycles. The van der Waals surface area contributed by atoms with Crippen molar-refractivity contribution in [2.24, 2.45) is 5.92 Å². The molecule has 0 aromatic rings. The lowest BCUT2D eigenvalue weighted by Gasteiger charge is -2.34. The lowest BCUT2D eigenvalue weighted by Crippen LogP contribution is -2.45. The normalized spacial score (nSPS) is 31.6. The van der Waals surface area contributed by atoms with E-state index in [2.05, 4.69) is 17.7 Å². The van der Waals surface area contributed by atoms with E-state index in [1.165, 1.54) is 0 Å². The van der Waals surface area contributed by atoms with Crippen molar-refractivity contribution in [1.29, 1.82) is 0 Å². The van der Waals surface area contributed by atoms with E-state index in [0.717, 1.165) is 6.54 Å². The van der Waals surface area contributed by atoms with Gasteiger partial charge in [0.2, 0.25) is 0 Å². The van der Waals surface area contributed by atoms with Gasteiger partial charge in [-0.05, 0) is 6.92 Å². The summed E-state index contributed by atoms with van der Waals surface area (Å²) in [4.78, 5) is 13.5. The van der Waals surface area contributed by atoms with Crippen LogP contribution in [0.5, 0.6) is 0 Å². The highest BCUT2D eigenvalue weighted by Crippen LogP contribution is 2.17. The lowest BCUT2D eigenvalue weighted by molar-refractivity contribution is -0.127. The van der Waals surface area contributed by atoms with E-state index in [1.807, 2.05) is 6.92 Å². The largest absolute Gasteiger partial charge is 0.299 e. The van der Waals surface area contributed by atoms with Gasteiger partial charge in [0, 0.05) is 24.9 Å². The van der Waals surface area contributed by atoms with Crippen molar-refractivity contribution in [2.45, 2.75) is 26.3 Å². The summed E-state index contributed by atoms with van der Waals surface area (Å²) in [6.45, 7) is 5.52. The maximum atomic E-state index is 11.3. The molecule has 2 heteroatoms. The summed E-state index contributed by atoms with van der Waals surface area (Å²) < 4.78 is 0. The van der Waals surface area contributed by atoms with E-state index in [-0.39, 0.29) is 5.92 Å². The molecule has 1 saturated heterocycles. The summed E-state index contributed by atoms with van der Waals surface area (Å²) in [5.41, 5.74) is 0. The maximum Gasteiger partial charge on any atom is 0.138 e. The van der Waals surface area contributed by atoms with E-state index in [0.29, 0.717) is 24.8 Å². The molecule has 2 nitrogen and oxygen atoms in total. The van der Waals surface area contributed by atoms with Gasteiger partial charge in [-0.2, -0.15) is 0 Å². The number of likely N-dealkylation sites (tertiary alicyclic amines) is 1. The summed E-state index contributed by atoms with van der Waals surface area (Å²) in [5, 5.41) is 0. The average molecular weight is 165 g/mol. The second-order valence-electron chi connectivity index (χ2n) is 3.55. The second-order valence-corrected chi connectivity index (χ2v) is 3.55. The molecule has 0 aromatic carbocycles. The standard InChI is InChI=1S/C10H15NO/c1-4-5-11-7-8(2)10(12)6-9(11)3/h1,8-9H,5-7H2,2-3H3/t8-,9-/m0/s1. The molecule has 1 rings (SSSR count). The van der Waals surface area contributed by atoms with Crippen molar-refractivity contribution in [2.75, 3.05) is 13.1 Å². The lowest BCUT2D eigenvalue weighted by atomic mass is 9.94. The van der Waals surface area contributed by atoms with Crippen LogP contribution in [0.2, 0.25) is 0 Å². The van der Waals surface area contributed by atoms with Crippen molar-refractivity contribution in [1.82, 2.24) is 4.90 Å². The Bertz CT molecular complexity index is 216. The highest BCUT2D eigenvalue weighted by atomic mass is 16.1. The highest BCUT2D eigenvalue weighted by molar-refractivity contribution is 5.82. The number of ketones is 1. The molecule has 0 aromatic heterocycles. The third kappa shape index (κ3) is 1.86. The number of carbonyl (C=O) groups excluding carboxylic acids is 1. The Morgan fingerprint density at radius 1 is 1.67 bits per heavy atom. The van der Waals surface area contributed by atoms with Crippen LogP contribution in [0, 0.1) is 18.3 Å². The van der Waals surface area contributed by atoms with Gasteiger partial charge in [-0.1, -0.05) is 12.8 Å². The maximum absolute atomic E-state index is 11.3. The summed E-state index contributed by atoms with van der Waals surface area (Å²) in [6.07, 6.45) is 5.88. The van der Waals surface area contributed by atoms with Gasteiger partial charge in [-0.3, -0.25) is 9.69 Å². The predicted octanol–water partition coefficient (Wildman–Crippen LogP) is 0.919. The number of nitrogens with zero attached hydrogens (tertiary/aromatic N) is 1. The first-order valence-corrected chi connectivity index (χ1v) is 4.35.